The number of nitrogens with zero attached hydrogens (tertiary/aromatic N) is 3. The molecule has 0 spiro atoms. The van der Waals surface area contributed by atoms with Crippen molar-refractivity contribution in [2.45, 2.75) is 32.7 Å². The lowest BCUT2D eigenvalue weighted by atomic mass is 9.96. The van der Waals surface area contributed by atoms with E-state index in [2.05, 4.69) is 22.2 Å². The highest BCUT2D eigenvalue weighted by Gasteiger charge is 2.26. The maximum atomic E-state index is 12.7. The number of hydrogen-bond donors (Lipinski definition) is 1. The Labute approximate surface area is 194 Å². The molecule has 0 unspecified atom stereocenters. The topological polar surface area (TPSA) is 76.5 Å². The van der Waals surface area contributed by atoms with E-state index in [0.717, 1.165) is 55.2 Å². The van der Waals surface area contributed by atoms with E-state index in [0.29, 0.717) is 6.54 Å². The Morgan fingerprint density at radius 3 is 2.52 bits per heavy atom. The highest BCUT2D eigenvalue weighted by molar-refractivity contribution is 5.79. The van der Waals surface area contributed by atoms with Crippen LogP contribution in [0.25, 0.3) is 5.69 Å². The van der Waals surface area contributed by atoms with Crippen molar-refractivity contribution < 1.29 is 9.53 Å². The molecule has 7 heteroatoms. The normalized spacial score (nSPS) is 14.2. The Bertz CT molecular complexity index is 1150. The number of carbonyl (C=O) groups is 1. The van der Waals surface area contributed by atoms with Crippen LogP contribution < -0.4 is 20.5 Å². The molecule has 0 atom stereocenters. The lowest BCUT2D eigenvalue weighted by Gasteiger charge is -2.32. The first kappa shape index (κ1) is 22.6. The van der Waals surface area contributed by atoms with Crippen molar-refractivity contribution in [2.75, 3.05) is 25.1 Å². The number of anilines is 1. The first-order chi connectivity index (χ1) is 16.1. The number of piperidine rings is 1. The zero-order valence-corrected chi connectivity index (χ0v) is 19.2. The number of methoxy groups -OCH3 is 1. The first-order valence-corrected chi connectivity index (χ1v) is 11.4. The molecule has 0 radical (unpaired) electrons. The van der Waals surface area contributed by atoms with E-state index in [1.54, 1.807) is 19.2 Å². The molecule has 1 aliphatic rings. The number of carbonyl (C=O) groups excluding carboxylic acids is 1. The third-order valence-electron chi connectivity index (χ3n) is 6.17. The van der Waals surface area contributed by atoms with E-state index in [4.69, 9.17) is 4.74 Å². The minimum Gasteiger partial charge on any atom is -0.497 e. The minimum absolute atomic E-state index is 0.0284. The number of benzene rings is 2. The van der Waals surface area contributed by atoms with Crippen molar-refractivity contribution in [3.05, 3.63) is 82.1 Å². The van der Waals surface area contributed by atoms with Crippen LogP contribution in [0.1, 0.15) is 30.9 Å². The summed E-state index contributed by atoms with van der Waals surface area (Å²) in [5.74, 6) is 1.58. The molecule has 1 N–H and O–H groups in total. The summed E-state index contributed by atoms with van der Waals surface area (Å²) in [5, 5.41) is 7.65. The quantitative estimate of drug-likeness (QED) is 0.602. The van der Waals surface area contributed by atoms with Gasteiger partial charge < -0.3 is 15.0 Å². The molecule has 0 bridgehead atoms. The monoisotopic (exact) mass is 446 g/mol. The highest BCUT2D eigenvalue weighted by Crippen LogP contribution is 2.22. The molecule has 1 amide bonds. The molecule has 1 saturated heterocycles. The number of aryl methyl sites for hydroxylation is 1. The Morgan fingerprint density at radius 1 is 1.06 bits per heavy atom. The molecule has 3 aromatic rings. The molecule has 1 fully saturated rings. The standard InChI is InChI=1S/C26H30N4O3/c1-3-19-7-9-22(10-8-19)30-25(31)12-11-24(28-30)29-15-13-21(14-16-29)26(32)27-18-20-5-4-6-23(17-20)33-2/h4-12,17,21H,3,13-16,18H2,1-2H3,(H,27,32). The molecule has 4 rings (SSSR count). The first-order valence-electron chi connectivity index (χ1n) is 11.4. The summed E-state index contributed by atoms with van der Waals surface area (Å²) in [4.78, 5) is 27.2. The number of rotatable bonds is 7. The van der Waals surface area contributed by atoms with E-state index < -0.39 is 0 Å². The molecule has 0 aliphatic carbocycles. The molecular formula is C26H30N4O3. The van der Waals surface area contributed by atoms with E-state index in [1.165, 1.54) is 10.2 Å². The molecule has 1 aliphatic heterocycles. The van der Waals surface area contributed by atoms with Gasteiger partial charge in [-0.2, -0.15) is 4.68 Å². The van der Waals surface area contributed by atoms with Crippen LogP contribution in [0, 0.1) is 5.92 Å². The molecule has 1 aromatic heterocycles. The summed E-state index contributed by atoms with van der Waals surface area (Å²) < 4.78 is 6.69. The molecule has 172 valence electrons. The van der Waals surface area contributed by atoms with Crippen LogP contribution >= 0.6 is 0 Å². The van der Waals surface area contributed by atoms with Crippen molar-refractivity contribution >= 4 is 11.7 Å². The Balaban J connectivity index is 1.36. The van der Waals surface area contributed by atoms with Crippen molar-refractivity contribution in [1.29, 1.82) is 0 Å². The number of hydrogen-bond acceptors (Lipinski definition) is 5. The van der Waals surface area contributed by atoms with Crippen molar-refractivity contribution in [1.82, 2.24) is 15.1 Å². The average molecular weight is 447 g/mol. The van der Waals surface area contributed by atoms with Crippen LogP contribution in [-0.4, -0.2) is 35.9 Å². The fourth-order valence-corrected chi connectivity index (χ4v) is 4.11. The number of ether oxygens (including phenoxy) is 1. The zero-order valence-electron chi connectivity index (χ0n) is 19.2. The summed E-state index contributed by atoms with van der Waals surface area (Å²) in [6, 6.07) is 18.9. The van der Waals surface area contributed by atoms with E-state index in [9.17, 15) is 9.59 Å². The maximum Gasteiger partial charge on any atom is 0.271 e. The van der Waals surface area contributed by atoms with Gasteiger partial charge in [0.2, 0.25) is 5.91 Å². The number of amides is 1. The van der Waals surface area contributed by atoms with Crippen LogP contribution in [0.2, 0.25) is 0 Å². The van der Waals surface area contributed by atoms with Crippen LogP contribution in [-0.2, 0) is 17.8 Å². The number of aromatic nitrogens is 2. The van der Waals surface area contributed by atoms with Gasteiger partial charge >= 0.3 is 0 Å². The largest absolute Gasteiger partial charge is 0.497 e. The van der Waals surface area contributed by atoms with Crippen molar-refractivity contribution in [3.63, 3.8) is 0 Å². The van der Waals surface area contributed by atoms with Crippen molar-refractivity contribution in [3.8, 4) is 11.4 Å². The van der Waals surface area contributed by atoms with E-state index in [-0.39, 0.29) is 17.4 Å². The average Bonchev–Trinajstić information content (AvgIpc) is 2.88. The second-order valence-electron chi connectivity index (χ2n) is 8.29. The third-order valence-corrected chi connectivity index (χ3v) is 6.17. The van der Waals surface area contributed by atoms with Crippen LogP contribution in [0.15, 0.2) is 65.5 Å². The van der Waals surface area contributed by atoms with Gasteiger partial charge in [-0.25, -0.2) is 0 Å². The fraction of sp³-hybridized carbons (Fsp3) is 0.346. The van der Waals surface area contributed by atoms with Gasteiger partial charge in [0.05, 0.1) is 12.8 Å². The predicted octanol–water partition coefficient (Wildman–Crippen LogP) is 3.34. The van der Waals surface area contributed by atoms with Crippen LogP contribution in [0.5, 0.6) is 5.75 Å². The van der Waals surface area contributed by atoms with Gasteiger partial charge in [-0.15, -0.1) is 5.10 Å². The highest BCUT2D eigenvalue weighted by atomic mass is 16.5. The summed E-state index contributed by atoms with van der Waals surface area (Å²) >= 11 is 0. The zero-order chi connectivity index (χ0) is 23.2. The second kappa shape index (κ2) is 10.3. The smallest absolute Gasteiger partial charge is 0.271 e. The van der Waals surface area contributed by atoms with Crippen LogP contribution in [0.4, 0.5) is 5.82 Å². The van der Waals surface area contributed by atoms with Gasteiger partial charge in [0.25, 0.3) is 5.56 Å². The summed E-state index contributed by atoms with van der Waals surface area (Å²) in [5.41, 5.74) is 2.83. The molecular weight excluding hydrogens is 416 g/mol. The molecule has 0 saturated carbocycles. The number of nitrogens with one attached hydrogen (secondary N) is 1. The van der Waals surface area contributed by atoms with Gasteiger partial charge in [0.1, 0.15) is 11.6 Å². The van der Waals surface area contributed by atoms with Gasteiger partial charge in [-0.1, -0.05) is 31.2 Å². The van der Waals surface area contributed by atoms with Gasteiger partial charge in [-0.05, 0) is 60.7 Å². The fourth-order valence-electron chi connectivity index (χ4n) is 4.11. The van der Waals surface area contributed by atoms with E-state index in [1.807, 2.05) is 48.5 Å². The summed E-state index contributed by atoms with van der Waals surface area (Å²) in [6.07, 6.45) is 2.44. The van der Waals surface area contributed by atoms with Gasteiger partial charge in [0.15, 0.2) is 0 Å². The lowest BCUT2D eigenvalue weighted by molar-refractivity contribution is -0.125. The predicted molar refractivity (Wildman–Crippen MR) is 129 cm³/mol. The maximum absolute atomic E-state index is 12.7. The summed E-state index contributed by atoms with van der Waals surface area (Å²) in [6.45, 7) is 4.02. The van der Waals surface area contributed by atoms with Crippen LogP contribution in [0.3, 0.4) is 0 Å². The Morgan fingerprint density at radius 2 is 1.82 bits per heavy atom. The SMILES string of the molecule is CCc1ccc(-n2nc(N3CCC(C(=O)NCc4cccc(OC)c4)CC3)ccc2=O)cc1. The Kier molecular flexibility index (Phi) is 7.07. The molecule has 2 aromatic carbocycles. The molecule has 33 heavy (non-hydrogen) atoms. The van der Waals surface area contributed by atoms with Crippen molar-refractivity contribution in [2.24, 2.45) is 5.92 Å². The lowest BCUT2D eigenvalue weighted by Crippen LogP contribution is -2.41. The second-order valence-corrected chi connectivity index (χ2v) is 8.29. The molecule has 2 heterocycles. The van der Waals surface area contributed by atoms with E-state index >= 15 is 0 Å². The van der Waals surface area contributed by atoms with Gasteiger partial charge in [-0.3, -0.25) is 9.59 Å². The Hall–Kier alpha value is -3.61. The van der Waals surface area contributed by atoms with Gasteiger partial charge in [0, 0.05) is 31.6 Å². The summed E-state index contributed by atoms with van der Waals surface area (Å²) in [7, 11) is 1.63. The third kappa shape index (κ3) is 5.42. The molecule has 7 nitrogen and oxygen atoms in total. The minimum atomic E-state index is -0.158.